The highest BCUT2D eigenvalue weighted by Gasteiger charge is 2.33. The molecule has 4 nitrogen and oxygen atoms in total. The molecule has 0 saturated carbocycles. The van der Waals surface area contributed by atoms with Crippen LogP contribution in [0, 0.1) is 11.3 Å². The fraction of sp³-hybridized carbons (Fsp3) is 0.923. The third kappa shape index (κ3) is 4.28. The van der Waals surface area contributed by atoms with Gasteiger partial charge in [0.05, 0.1) is 0 Å². The zero-order valence-electron chi connectivity index (χ0n) is 11.5. The van der Waals surface area contributed by atoms with E-state index < -0.39 is 12.0 Å². The predicted octanol–water partition coefficient (Wildman–Crippen LogP) is 1.42. The molecular weight excluding hydrogens is 216 g/mol. The summed E-state index contributed by atoms with van der Waals surface area (Å²) in [4.78, 5) is 13.3. The van der Waals surface area contributed by atoms with E-state index >= 15 is 0 Å². The van der Waals surface area contributed by atoms with E-state index in [1.165, 1.54) is 6.42 Å². The van der Waals surface area contributed by atoms with Crippen molar-refractivity contribution in [1.29, 1.82) is 0 Å². The van der Waals surface area contributed by atoms with Crippen LogP contribution in [0.3, 0.4) is 0 Å². The first-order valence-electron chi connectivity index (χ1n) is 6.53. The van der Waals surface area contributed by atoms with E-state index in [1.54, 1.807) is 0 Å². The van der Waals surface area contributed by atoms with Crippen LogP contribution in [0.25, 0.3) is 0 Å². The van der Waals surface area contributed by atoms with Gasteiger partial charge in [0.15, 0.2) is 0 Å². The Kier molecular flexibility index (Phi) is 4.95. The molecule has 2 unspecified atom stereocenters. The summed E-state index contributed by atoms with van der Waals surface area (Å²) in [5.74, 6) is -0.0652. The first-order valence-corrected chi connectivity index (χ1v) is 6.53. The summed E-state index contributed by atoms with van der Waals surface area (Å²) in [5, 5.41) is 12.1. The van der Waals surface area contributed by atoms with E-state index in [0.717, 1.165) is 13.1 Å². The van der Waals surface area contributed by atoms with Gasteiger partial charge in [-0.3, -0.25) is 4.79 Å². The van der Waals surface area contributed by atoms with Gasteiger partial charge in [-0.1, -0.05) is 27.7 Å². The van der Waals surface area contributed by atoms with E-state index in [-0.39, 0.29) is 0 Å². The number of aliphatic carboxylic acids is 1. The zero-order chi connectivity index (χ0) is 13.1. The summed E-state index contributed by atoms with van der Waals surface area (Å²) < 4.78 is 0. The van der Waals surface area contributed by atoms with E-state index in [2.05, 4.69) is 31.0 Å². The largest absolute Gasteiger partial charge is 0.480 e. The third-order valence-electron chi connectivity index (χ3n) is 3.69. The van der Waals surface area contributed by atoms with Crippen molar-refractivity contribution in [3.8, 4) is 0 Å². The highest BCUT2D eigenvalue weighted by Crippen LogP contribution is 2.33. The average Bonchev–Trinajstić information content (AvgIpc) is 2.64. The Morgan fingerprint density at radius 2 is 2.18 bits per heavy atom. The second-order valence-electron chi connectivity index (χ2n) is 6.06. The Morgan fingerprint density at radius 1 is 1.53 bits per heavy atom. The van der Waals surface area contributed by atoms with E-state index in [0.29, 0.717) is 24.4 Å². The predicted molar refractivity (Wildman–Crippen MR) is 69.1 cm³/mol. The second-order valence-corrected chi connectivity index (χ2v) is 6.06. The second kappa shape index (κ2) is 5.83. The van der Waals surface area contributed by atoms with Crippen LogP contribution in [0.15, 0.2) is 0 Å². The Bertz CT molecular complexity index is 261. The SMILES string of the molecule is CCNC(CN1CCC(C(C)(C)C)C1)C(=O)O. The molecule has 1 fully saturated rings. The molecule has 100 valence electrons. The van der Waals surface area contributed by atoms with Crippen molar-refractivity contribution < 1.29 is 9.90 Å². The van der Waals surface area contributed by atoms with E-state index in [9.17, 15) is 4.79 Å². The average molecular weight is 242 g/mol. The van der Waals surface area contributed by atoms with Gasteiger partial charge in [0.2, 0.25) is 0 Å². The van der Waals surface area contributed by atoms with Crippen molar-refractivity contribution in [3.05, 3.63) is 0 Å². The van der Waals surface area contributed by atoms with Gasteiger partial charge < -0.3 is 15.3 Å². The lowest BCUT2D eigenvalue weighted by atomic mass is 9.80. The van der Waals surface area contributed by atoms with Crippen molar-refractivity contribution in [3.63, 3.8) is 0 Å². The molecule has 4 heteroatoms. The third-order valence-corrected chi connectivity index (χ3v) is 3.69. The van der Waals surface area contributed by atoms with Crippen molar-refractivity contribution in [2.45, 2.75) is 40.2 Å². The van der Waals surface area contributed by atoms with E-state index in [4.69, 9.17) is 5.11 Å². The van der Waals surface area contributed by atoms with Gasteiger partial charge in [-0.25, -0.2) is 0 Å². The number of likely N-dealkylation sites (tertiary alicyclic amines) is 1. The molecule has 0 amide bonds. The van der Waals surface area contributed by atoms with Crippen LogP contribution >= 0.6 is 0 Å². The molecule has 0 aliphatic carbocycles. The minimum atomic E-state index is -0.744. The number of likely N-dealkylation sites (N-methyl/N-ethyl adjacent to an activating group) is 1. The molecule has 0 radical (unpaired) electrons. The minimum Gasteiger partial charge on any atom is -0.480 e. The van der Waals surface area contributed by atoms with Crippen molar-refractivity contribution in [1.82, 2.24) is 10.2 Å². The number of hydrogen-bond donors (Lipinski definition) is 2. The summed E-state index contributed by atoms with van der Waals surface area (Å²) in [6.45, 7) is 12.1. The minimum absolute atomic E-state index is 0.325. The number of nitrogens with one attached hydrogen (secondary N) is 1. The fourth-order valence-corrected chi connectivity index (χ4v) is 2.44. The van der Waals surface area contributed by atoms with Crippen LogP contribution in [0.4, 0.5) is 0 Å². The molecule has 0 spiro atoms. The summed E-state index contributed by atoms with van der Waals surface area (Å²) in [6, 6.07) is -0.432. The van der Waals surface area contributed by atoms with Gasteiger partial charge in [0.25, 0.3) is 0 Å². The van der Waals surface area contributed by atoms with Crippen LogP contribution in [0.5, 0.6) is 0 Å². The zero-order valence-corrected chi connectivity index (χ0v) is 11.5. The molecule has 0 aromatic carbocycles. The van der Waals surface area contributed by atoms with Crippen molar-refractivity contribution >= 4 is 5.97 Å². The first-order chi connectivity index (χ1) is 7.84. The standard InChI is InChI=1S/C13H26N2O2/c1-5-14-11(12(16)17)9-15-7-6-10(8-15)13(2,3)4/h10-11,14H,5-9H2,1-4H3,(H,16,17). The van der Waals surface area contributed by atoms with Crippen LogP contribution in [0.1, 0.15) is 34.1 Å². The van der Waals surface area contributed by atoms with Crippen LogP contribution in [0.2, 0.25) is 0 Å². The molecule has 1 rings (SSSR count). The number of rotatable bonds is 5. The lowest BCUT2D eigenvalue weighted by Crippen LogP contribution is -2.45. The molecule has 2 N–H and O–H groups in total. The molecule has 17 heavy (non-hydrogen) atoms. The van der Waals surface area contributed by atoms with Gasteiger partial charge in [-0.05, 0) is 30.8 Å². The molecule has 1 heterocycles. The topological polar surface area (TPSA) is 52.6 Å². The molecule has 1 aliphatic heterocycles. The Balaban J connectivity index is 2.46. The maximum Gasteiger partial charge on any atom is 0.322 e. The molecular formula is C13H26N2O2. The summed E-state index contributed by atoms with van der Waals surface area (Å²) in [6.07, 6.45) is 1.18. The highest BCUT2D eigenvalue weighted by atomic mass is 16.4. The molecule has 1 saturated heterocycles. The number of carboxylic acids is 1. The molecule has 0 aromatic rings. The van der Waals surface area contributed by atoms with Gasteiger partial charge in [0.1, 0.15) is 6.04 Å². The number of carbonyl (C=O) groups is 1. The number of carboxylic acid groups (broad SMARTS) is 1. The van der Waals surface area contributed by atoms with E-state index in [1.807, 2.05) is 6.92 Å². The molecule has 0 bridgehead atoms. The lowest BCUT2D eigenvalue weighted by Gasteiger charge is -2.27. The Morgan fingerprint density at radius 3 is 2.59 bits per heavy atom. The maximum absolute atomic E-state index is 11.1. The molecule has 2 atom stereocenters. The van der Waals surface area contributed by atoms with Gasteiger partial charge in [0, 0.05) is 13.1 Å². The summed E-state index contributed by atoms with van der Waals surface area (Å²) >= 11 is 0. The fourth-order valence-electron chi connectivity index (χ4n) is 2.44. The normalized spacial score (nSPS) is 23.9. The van der Waals surface area contributed by atoms with Crippen LogP contribution in [-0.4, -0.2) is 48.2 Å². The first kappa shape index (κ1) is 14.5. The van der Waals surface area contributed by atoms with Crippen molar-refractivity contribution in [2.75, 3.05) is 26.2 Å². The van der Waals surface area contributed by atoms with Crippen molar-refractivity contribution in [2.24, 2.45) is 11.3 Å². The Labute approximate surface area is 104 Å². The lowest BCUT2D eigenvalue weighted by molar-refractivity contribution is -0.139. The smallest absolute Gasteiger partial charge is 0.322 e. The van der Waals surface area contributed by atoms with Gasteiger partial charge in [-0.2, -0.15) is 0 Å². The number of nitrogens with zero attached hydrogens (tertiary/aromatic N) is 1. The van der Waals surface area contributed by atoms with Gasteiger partial charge in [-0.15, -0.1) is 0 Å². The summed E-state index contributed by atoms with van der Waals surface area (Å²) in [7, 11) is 0. The van der Waals surface area contributed by atoms with Crippen LogP contribution in [-0.2, 0) is 4.79 Å². The number of hydrogen-bond acceptors (Lipinski definition) is 3. The Hall–Kier alpha value is -0.610. The summed E-state index contributed by atoms with van der Waals surface area (Å²) in [5.41, 5.74) is 0.325. The quantitative estimate of drug-likeness (QED) is 0.765. The van der Waals surface area contributed by atoms with Gasteiger partial charge >= 0.3 is 5.97 Å². The highest BCUT2D eigenvalue weighted by molar-refractivity contribution is 5.73. The van der Waals surface area contributed by atoms with Crippen LogP contribution < -0.4 is 5.32 Å². The molecule has 0 aromatic heterocycles. The molecule has 1 aliphatic rings. The maximum atomic E-state index is 11.1. The monoisotopic (exact) mass is 242 g/mol.